The third kappa shape index (κ3) is 15.6. The van der Waals surface area contributed by atoms with E-state index in [2.05, 4.69) is 39.2 Å². The van der Waals surface area contributed by atoms with Gasteiger partial charge in [-0.3, -0.25) is 0 Å². The van der Waals surface area contributed by atoms with E-state index in [0.29, 0.717) is 62.1 Å². The molecule has 5 atom stereocenters. The quantitative estimate of drug-likeness (QED) is 0.0773. The standard InChI is InChI=1S/C36H54N2O10SSi.C17H27NO5S/c1-35(2,3)50(6,7)47-18-16-36(4,5)23-38(49(41,42)26-13-14-30-31(20-26)46-24-45-30)21-29(39)28(19-25-11-9-8-10-12-25)37-34(40)48-32-22-44-33-27(32)15-17-43-33;1-13(2)10-18(11-17(3,4)7-8-19)24(20,21)14-5-6-15-16(9-14)23-12-22-15/h8-14,20,27-29,32-33,39H,15-19,21-24H2,1-7H3,(H,37,40);5-6,9,13,19H,7-8,10-12H2,1-4H3/t27-,28-,29+,32-,33+;/m0./s1. The van der Waals surface area contributed by atoms with Crippen molar-refractivity contribution in [3.63, 3.8) is 0 Å². The maximum atomic E-state index is 14.4. The van der Waals surface area contributed by atoms with E-state index >= 15 is 0 Å². The van der Waals surface area contributed by atoms with Gasteiger partial charge in [0.1, 0.15) is 6.10 Å². The minimum absolute atomic E-state index is 0.00681. The Labute approximate surface area is 440 Å². The number of aliphatic hydroxyl groups excluding tert-OH is 2. The Morgan fingerprint density at radius 2 is 1.31 bits per heavy atom. The highest BCUT2D eigenvalue weighted by Crippen LogP contribution is 2.40. The lowest BCUT2D eigenvalue weighted by atomic mass is 9.89. The van der Waals surface area contributed by atoms with Gasteiger partial charge in [0.25, 0.3) is 0 Å². The third-order valence-corrected chi connectivity index (χ3v) is 22.4. The summed E-state index contributed by atoms with van der Waals surface area (Å²) >= 11 is 0. The fourth-order valence-corrected chi connectivity index (χ4v) is 13.4. The zero-order valence-electron chi connectivity index (χ0n) is 45.1. The summed E-state index contributed by atoms with van der Waals surface area (Å²) in [5, 5.41) is 24.0. The van der Waals surface area contributed by atoms with E-state index in [4.69, 9.17) is 37.6 Å². The van der Waals surface area contributed by atoms with Gasteiger partial charge < -0.3 is 53.1 Å². The fourth-order valence-electron chi connectivity index (χ4n) is 8.85. The molecule has 21 heteroatoms. The topological polar surface area (TPSA) is 218 Å². The second-order valence-corrected chi connectivity index (χ2v) is 31.8. The van der Waals surface area contributed by atoms with Crippen LogP contribution in [0.3, 0.4) is 0 Å². The molecular formula is C53H81N3O15S2Si. The van der Waals surface area contributed by atoms with Crippen LogP contribution in [-0.2, 0) is 45.1 Å². The monoisotopic (exact) mass is 1090 g/mol. The molecule has 0 radical (unpaired) electrons. The van der Waals surface area contributed by atoms with Crippen molar-refractivity contribution in [2.75, 3.05) is 66.2 Å². The van der Waals surface area contributed by atoms with E-state index < -0.39 is 58.1 Å². The van der Waals surface area contributed by atoms with Crippen molar-refractivity contribution in [3.8, 4) is 23.0 Å². The van der Waals surface area contributed by atoms with Crippen molar-refractivity contribution in [1.29, 1.82) is 0 Å². The van der Waals surface area contributed by atoms with Crippen molar-refractivity contribution in [2.45, 2.75) is 140 Å². The molecule has 2 saturated heterocycles. The van der Waals surface area contributed by atoms with E-state index in [1.54, 1.807) is 18.2 Å². The molecule has 0 saturated carbocycles. The number of hydrogen-bond acceptors (Lipinski definition) is 15. The zero-order chi connectivity index (χ0) is 54.3. The van der Waals surface area contributed by atoms with Gasteiger partial charge >= 0.3 is 6.09 Å². The first kappa shape index (κ1) is 59.2. The zero-order valence-corrected chi connectivity index (χ0v) is 47.8. The fraction of sp³-hybridized carbons (Fsp3) is 0.642. The minimum atomic E-state index is -4.16. The van der Waals surface area contributed by atoms with Crippen LogP contribution in [0.15, 0.2) is 76.5 Å². The summed E-state index contributed by atoms with van der Waals surface area (Å²) in [6.07, 6.45) is -0.767. The SMILES string of the molecule is CC(C)(CCO[Si](C)(C)C(C)(C)C)CN(C[C@@H](O)[C@H](Cc1ccccc1)NC(=O)O[C@H]1CO[C@H]2OCC[C@H]21)S(=O)(=O)c1ccc2c(c1)OCO2.CC(C)CN(CC(C)(C)CCO)S(=O)(=O)c1ccc2c(c1)OCO2. The van der Waals surface area contributed by atoms with Gasteiger partial charge in [-0.15, -0.1) is 0 Å². The molecule has 1 amide bonds. The Morgan fingerprint density at radius 1 is 0.770 bits per heavy atom. The van der Waals surface area contributed by atoms with Crippen LogP contribution < -0.4 is 24.3 Å². The van der Waals surface area contributed by atoms with Gasteiger partial charge in [-0.2, -0.15) is 8.61 Å². The Bertz CT molecular complexity index is 2560. The molecule has 0 aliphatic carbocycles. The number of rotatable bonds is 23. The highest BCUT2D eigenvalue weighted by atomic mass is 32.2. The number of nitrogens with zero attached hydrogens (tertiary/aromatic N) is 2. The summed E-state index contributed by atoms with van der Waals surface area (Å²) in [6.45, 7) is 24.8. The van der Waals surface area contributed by atoms with Crippen LogP contribution in [0.5, 0.6) is 23.0 Å². The van der Waals surface area contributed by atoms with Crippen molar-refractivity contribution in [1.82, 2.24) is 13.9 Å². The predicted octanol–water partition coefficient (Wildman–Crippen LogP) is 7.77. The lowest BCUT2D eigenvalue weighted by Gasteiger charge is -2.38. The number of sulfonamides is 2. The summed E-state index contributed by atoms with van der Waals surface area (Å²) in [6, 6.07) is 17.7. The number of amides is 1. The minimum Gasteiger partial charge on any atom is -0.454 e. The molecule has 0 spiro atoms. The highest BCUT2D eigenvalue weighted by Gasteiger charge is 2.45. The van der Waals surface area contributed by atoms with Gasteiger partial charge in [0.2, 0.25) is 33.6 Å². The number of ether oxygens (including phenoxy) is 7. The second-order valence-electron chi connectivity index (χ2n) is 23.2. The van der Waals surface area contributed by atoms with Crippen molar-refractivity contribution < 1.29 is 69.4 Å². The molecule has 0 unspecified atom stereocenters. The maximum Gasteiger partial charge on any atom is 0.407 e. The Morgan fingerprint density at radius 3 is 1.85 bits per heavy atom. The highest BCUT2D eigenvalue weighted by molar-refractivity contribution is 7.89. The molecule has 3 N–H and O–H groups in total. The molecule has 18 nitrogen and oxygen atoms in total. The van der Waals surface area contributed by atoms with Crippen LogP contribution in [0, 0.1) is 22.7 Å². The van der Waals surface area contributed by atoms with E-state index in [0.717, 1.165) is 12.0 Å². The average Bonchev–Trinajstić information content (AvgIpc) is 4.15. The van der Waals surface area contributed by atoms with E-state index in [-0.39, 0.29) is 84.7 Å². The van der Waals surface area contributed by atoms with Crippen molar-refractivity contribution in [2.24, 2.45) is 22.7 Å². The molecule has 0 bridgehead atoms. The number of fused-ring (bicyclic) bond motifs is 3. The van der Waals surface area contributed by atoms with Crippen molar-refractivity contribution >= 4 is 34.5 Å². The molecule has 4 aliphatic rings. The maximum absolute atomic E-state index is 14.4. The summed E-state index contributed by atoms with van der Waals surface area (Å²) in [4.78, 5) is 13.5. The number of aliphatic hydroxyl groups is 2. The number of nitrogens with one attached hydrogen (secondary N) is 1. The third-order valence-electron chi connectivity index (χ3n) is 14.3. The van der Waals surface area contributed by atoms with Gasteiger partial charge in [0.05, 0.1) is 41.1 Å². The first-order valence-corrected chi connectivity index (χ1v) is 31.4. The van der Waals surface area contributed by atoms with Crippen LogP contribution in [0.2, 0.25) is 18.1 Å². The molecule has 4 aliphatic heterocycles. The van der Waals surface area contributed by atoms with Crippen LogP contribution in [0.4, 0.5) is 4.79 Å². The summed E-state index contributed by atoms with van der Waals surface area (Å²) in [5.74, 6) is 1.96. The van der Waals surface area contributed by atoms with Gasteiger partial charge in [-0.05, 0) is 90.4 Å². The van der Waals surface area contributed by atoms with E-state index in [1.807, 2.05) is 71.9 Å². The average molecular weight is 1090 g/mol. The predicted molar refractivity (Wildman–Crippen MR) is 282 cm³/mol. The van der Waals surface area contributed by atoms with Gasteiger partial charge in [-0.25, -0.2) is 21.6 Å². The molecule has 414 valence electrons. The number of carbonyl (C=O) groups excluding carboxylic acids is 1. The number of carbonyl (C=O) groups is 1. The largest absolute Gasteiger partial charge is 0.454 e. The van der Waals surface area contributed by atoms with Crippen LogP contribution in [-0.4, -0.2) is 141 Å². The number of alkyl carbamates (subject to hydrolysis) is 1. The summed E-state index contributed by atoms with van der Waals surface area (Å²) < 4.78 is 103. The van der Waals surface area contributed by atoms with Gasteiger partial charge in [0, 0.05) is 51.5 Å². The molecule has 3 aromatic carbocycles. The molecule has 7 rings (SSSR count). The number of benzene rings is 3. The Kier molecular flexibility index (Phi) is 19.6. The normalized spacial score (nSPS) is 19.6. The van der Waals surface area contributed by atoms with Crippen LogP contribution >= 0.6 is 0 Å². The second kappa shape index (κ2) is 24.5. The summed E-state index contributed by atoms with van der Waals surface area (Å²) in [5.41, 5.74) is 0.0148. The van der Waals surface area contributed by atoms with Crippen LogP contribution in [0.1, 0.15) is 87.1 Å². The lowest BCUT2D eigenvalue weighted by molar-refractivity contribution is -0.0907. The smallest absolute Gasteiger partial charge is 0.407 e. The molecule has 2 fully saturated rings. The first-order chi connectivity index (χ1) is 34.6. The molecule has 74 heavy (non-hydrogen) atoms. The first-order valence-electron chi connectivity index (χ1n) is 25.6. The van der Waals surface area contributed by atoms with Gasteiger partial charge in [-0.1, -0.05) is 92.6 Å². The van der Waals surface area contributed by atoms with Crippen LogP contribution in [0.25, 0.3) is 0 Å². The molecule has 0 aromatic heterocycles. The lowest BCUT2D eigenvalue weighted by Crippen LogP contribution is -2.52. The van der Waals surface area contributed by atoms with Gasteiger partial charge in [0.15, 0.2) is 37.6 Å². The van der Waals surface area contributed by atoms with E-state index in [9.17, 15) is 31.8 Å². The Hall–Kier alpha value is -4.03. The van der Waals surface area contributed by atoms with Crippen molar-refractivity contribution in [3.05, 3.63) is 72.3 Å². The summed E-state index contributed by atoms with van der Waals surface area (Å²) in [7, 11) is -9.84. The Balaban J connectivity index is 0.000000310. The number of hydrogen-bond donors (Lipinski definition) is 3. The van der Waals surface area contributed by atoms with E-state index in [1.165, 1.54) is 26.8 Å². The molecular weight excluding hydrogens is 1010 g/mol. The molecule has 4 heterocycles. The molecule has 3 aromatic rings.